The number of rotatable bonds is 5. The van der Waals surface area contributed by atoms with E-state index in [1.165, 1.54) is 0 Å². The van der Waals surface area contributed by atoms with E-state index in [1.807, 2.05) is 26.0 Å². The summed E-state index contributed by atoms with van der Waals surface area (Å²) in [5.41, 5.74) is 1.63. The minimum absolute atomic E-state index is 0.189. The first-order valence-electron chi connectivity index (χ1n) is 6.16. The number of carbonyl (C=O) groups is 1. The van der Waals surface area contributed by atoms with Crippen molar-refractivity contribution in [3.8, 4) is 0 Å². The summed E-state index contributed by atoms with van der Waals surface area (Å²) < 4.78 is 5.50. The highest BCUT2D eigenvalue weighted by Crippen LogP contribution is 2.08. The fourth-order valence-electron chi connectivity index (χ4n) is 1.53. The molecular weight excluding hydrogens is 242 g/mol. The van der Waals surface area contributed by atoms with Crippen LogP contribution in [-0.4, -0.2) is 22.0 Å². The first-order chi connectivity index (χ1) is 9.15. The molecule has 0 aliphatic heterocycles. The van der Waals surface area contributed by atoms with Crippen molar-refractivity contribution in [2.24, 2.45) is 0 Å². The standard InChI is InChI=1S/C14H17N3O2/c1-10(2)19-9-11-3-5-12(6-4-11)13(18)17-14-15-7-8-16-14/h3-8,10H,9H2,1-2H3,(H2,15,16,17,18). The molecule has 0 saturated heterocycles. The van der Waals surface area contributed by atoms with E-state index < -0.39 is 0 Å². The van der Waals surface area contributed by atoms with E-state index in [4.69, 9.17) is 4.74 Å². The minimum Gasteiger partial charge on any atom is -0.374 e. The van der Waals surface area contributed by atoms with E-state index in [2.05, 4.69) is 15.3 Å². The Bertz CT molecular complexity index is 518. The van der Waals surface area contributed by atoms with Crippen molar-refractivity contribution in [2.75, 3.05) is 5.32 Å². The Labute approximate surface area is 112 Å². The van der Waals surface area contributed by atoms with Gasteiger partial charge in [0.05, 0.1) is 12.7 Å². The molecule has 5 nitrogen and oxygen atoms in total. The van der Waals surface area contributed by atoms with Gasteiger partial charge in [-0.05, 0) is 31.5 Å². The SMILES string of the molecule is CC(C)OCc1ccc(C(=O)Nc2ncc[nH]2)cc1. The van der Waals surface area contributed by atoms with Crippen molar-refractivity contribution in [3.63, 3.8) is 0 Å². The maximum absolute atomic E-state index is 11.9. The predicted octanol–water partition coefficient (Wildman–Crippen LogP) is 2.59. The van der Waals surface area contributed by atoms with Crippen LogP contribution >= 0.6 is 0 Å². The second kappa shape index (κ2) is 6.15. The van der Waals surface area contributed by atoms with Gasteiger partial charge in [-0.1, -0.05) is 12.1 Å². The molecule has 0 aliphatic rings. The Morgan fingerprint density at radius 1 is 1.37 bits per heavy atom. The molecule has 1 amide bonds. The van der Waals surface area contributed by atoms with E-state index in [1.54, 1.807) is 24.5 Å². The molecular formula is C14H17N3O2. The molecule has 2 N–H and O–H groups in total. The Balaban J connectivity index is 1.96. The van der Waals surface area contributed by atoms with Gasteiger partial charge in [0.25, 0.3) is 5.91 Å². The molecule has 100 valence electrons. The Morgan fingerprint density at radius 2 is 2.11 bits per heavy atom. The van der Waals surface area contributed by atoms with Gasteiger partial charge in [-0.3, -0.25) is 10.1 Å². The average Bonchev–Trinajstić information content (AvgIpc) is 2.89. The lowest BCUT2D eigenvalue weighted by molar-refractivity contribution is 0.0657. The Kier molecular flexibility index (Phi) is 4.30. The lowest BCUT2D eigenvalue weighted by Crippen LogP contribution is -2.13. The average molecular weight is 259 g/mol. The molecule has 0 radical (unpaired) electrons. The minimum atomic E-state index is -0.189. The normalized spacial score (nSPS) is 10.7. The van der Waals surface area contributed by atoms with Crippen LogP contribution in [0.25, 0.3) is 0 Å². The van der Waals surface area contributed by atoms with Crippen LogP contribution in [-0.2, 0) is 11.3 Å². The zero-order valence-corrected chi connectivity index (χ0v) is 11.0. The first-order valence-corrected chi connectivity index (χ1v) is 6.16. The van der Waals surface area contributed by atoms with Crippen LogP contribution in [0.4, 0.5) is 5.95 Å². The Morgan fingerprint density at radius 3 is 2.68 bits per heavy atom. The number of amides is 1. The van der Waals surface area contributed by atoms with Gasteiger partial charge >= 0.3 is 0 Å². The number of H-pyrrole nitrogens is 1. The second-order valence-corrected chi connectivity index (χ2v) is 4.45. The van der Waals surface area contributed by atoms with Crippen LogP contribution in [0.15, 0.2) is 36.7 Å². The summed E-state index contributed by atoms with van der Waals surface area (Å²) in [5, 5.41) is 2.67. The van der Waals surface area contributed by atoms with Gasteiger partial charge in [-0.2, -0.15) is 0 Å². The lowest BCUT2D eigenvalue weighted by Gasteiger charge is -2.08. The van der Waals surface area contributed by atoms with Crippen molar-refractivity contribution < 1.29 is 9.53 Å². The molecule has 0 bridgehead atoms. The van der Waals surface area contributed by atoms with Gasteiger partial charge in [0, 0.05) is 18.0 Å². The fourth-order valence-corrected chi connectivity index (χ4v) is 1.53. The molecule has 5 heteroatoms. The van der Waals surface area contributed by atoms with Crippen LogP contribution in [0.1, 0.15) is 29.8 Å². The lowest BCUT2D eigenvalue weighted by atomic mass is 10.1. The maximum atomic E-state index is 11.9. The van der Waals surface area contributed by atoms with Gasteiger partial charge in [0.15, 0.2) is 0 Å². The van der Waals surface area contributed by atoms with E-state index in [0.29, 0.717) is 18.1 Å². The number of imidazole rings is 1. The zero-order chi connectivity index (χ0) is 13.7. The molecule has 0 saturated carbocycles. The molecule has 2 rings (SSSR count). The van der Waals surface area contributed by atoms with Crippen molar-refractivity contribution in [2.45, 2.75) is 26.6 Å². The van der Waals surface area contributed by atoms with Gasteiger partial charge in [-0.25, -0.2) is 4.98 Å². The van der Waals surface area contributed by atoms with Gasteiger partial charge in [-0.15, -0.1) is 0 Å². The molecule has 1 aromatic carbocycles. The number of nitrogens with zero attached hydrogens (tertiary/aromatic N) is 1. The molecule has 0 spiro atoms. The molecule has 0 fully saturated rings. The summed E-state index contributed by atoms with van der Waals surface area (Å²) in [4.78, 5) is 18.6. The predicted molar refractivity (Wildman–Crippen MR) is 72.9 cm³/mol. The van der Waals surface area contributed by atoms with Crippen LogP contribution in [0, 0.1) is 0 Å². The molecule has 19 heavy (non-hydrogen) atoms. The van der Waals surface area contributed by atoms with Crippen LogP contribution in [0.3, 0.4) is 0 Å². The van der Waals surface area contributed by atoms with Crippen molar-refractivity contribution in [1.29, 1.82) is 0 Å². The quantitative estimate of drug-likeness (QED) is 0.867. The number of ether oxygens (including phenoxy) is 1. The Hall–Kier alpha value is -2.14. The number of anilines is 1. The van der Waals surface area contributed by atoms with Gasteiger partial charge in [0.2, 0.25) is 5.95 Å². The number of nitrogens with one attached hydrogen (secondary N) is 2. The second-order valence-electron chi connectivity index (χ2n) is 4.45. The van der Waals surface area contributed by atoms with Gasteiger partial charge in [0.1, 0.15) is 0 Å². The smallest absolute Gasteiger partial charge is 0.257 e. The zero-order valence-electron chi connectivity index (χ0n) is 11.0. The molecule has 2 aromatic rings. The summed E-state index contributed by atoms with van der Waals surface area (Å²) in [7, 11) is 0. The largest absolute Gasteiger partial charge is 0.374 e. The van der Waals surface area contributed by atoms with Crippen LogP contribution < -0.4 is 5.32 Å². The highest BCUT2D eigenvalue weighted by Gasteiger charge is 2.07. The topological polar surface area (TPSA) is 67.0 Å². The summed E-state index contributed by atoms with van der Waals surface area (Å²) in [6, 6.07) is 7.33. The summed E-state index contributed by atoms with van der Waals surface area (Å²) >= 11 is 0. The molecule has 1 heterocycles. The molecule has 0 atom stereocenters. The number of carbonyl (C=O) groups excluding carboxylic acids is 1. The summed E-state index contributed by atoms with van der Waals surface area (Å²) in [6.07, 6.45) is 3.44. The number of aromatic amines is 1. The van der Waals surface area contributed by atoms with Crippen molar-refractivity contribution in [1.82, 2.24) is 9.97 Å². The van der Waals surface area contributed by atoms with E-state index in [9.17, 15) is 4.79 Å². The highest BCUT2D eigenvalue weighted by atomic mass is 16.5. The summed E-state index contributed by atoms with van der Waals surface area (Å²) in [6.45, 7) is 4.54. The third-order valence-corrected chi connectivity index (χ3v) is 2.53. The molecule has 0 unspecified atom stereocenters. The molecule has 0 aliphatic carbocycles. The summed E-state index contributed by atoms with van der Waals surface area (Å²) in [5.74, 6) is 0.253. The van der Waals surface area contributed by atoms with E-state index in [0.717, 1.165) is 5.56 Å². The van der Waals surface area contributed by atoms with E-state index >= 15 is 0 Å². The van der Waals surface area contributed by atoms with Crippen molar-refractivity contribution >= 4 is 11.9 Å². The number of benzene rings is 1. The first kappa shape index (κ1) is 13.3. The van der Waals surface area contributed by atoms with E-state index in [-0.39, 0.29) is 12.0 Å². The fraction of sp³-hybridized carbons (Fsp3) is 0.286. The number of hydrogen-bond donors (Lipinski definition) is 2. The third kappa shape index (κ3) is 3.93. The van der Waals surface area contributed by atoms with Gasteiger partial charge < -0.3 is 9.72 Å². The number of hydrogen-bond acceptors (Lipinski definition) is 3. The van der Waals surface area contributed by atoms with Crippen LogP contribution in [0.5, 0.6) is 0 Å². The van der Waals surface area contributed by atoms with Crippen LogP contribution in [0.2, 0.25) is 0 Å². The maximum Gasteiger partial charge on any atom is 0.257 e. The highest BCUT2D eigenvalue weighted by molar-refractivity contribution is 6.03. The number of aromatic nitrogens is 2. The van der Waals surface area contributed by atoms with Crippen molar-refractivity contribution in [3.05, 3.63) is 47.8 Å². The molecule has 1 aromatic heterocycles. The monoisotopic (exact) mass is 259 g/mol. The third-order valence-electron chi connectivity index (χ3n) is 2.53.